The van der Waals surface area contributed by atoms with E-state index in [0.717, 1.165) is 0 Å². The fourth-order valence-electron chi connectivity index (χ4n) is 2.77. The Morgan fingerprint density at radius 2 is 2.21 bits per heavy atom. The van der Waals surface area contributed by atoms with E-state index < -0.39 is 17.9 Å². The van der Waals surface area contributed by atoms with Gasteiger partial charge in [-0.25, -0.2) is 9.18 Å². The molecule has 2 N–H and O–H groups in total. The van der Waals surface area contributed by atoms with Gasteiger partial charge in [0.15, 0.2) is 0 Å². The van der Waals surface area contributed by atoms with E-state index in [-0.39, 0.29) is 24.2 Å². The first-order chi connectivity index (χ1) is 13.4. The smallest absolute Gasteiger partial charge is 0.330 e. The normalized spacial score (nSPS) is 17.7. The molecule has 6 nitrogen and oxygen atoms in total. The number of ether oxygens (including phenoxy) is 1. The van der Waals surface area contributed by atoms with E-state index in [2.05, 4.69) is 26.6 Å². The number of esters is 1. The second kappa shape index (κ2) is 10.8. The lowest BCUT2D eigenvalue weighted by atomic mass is 9.98. The maximum atomic E-state index is 13.3. The molecule has 0 spiro atoms. The predicted molar refractivity (Wildman–Crippen MR) is 107 cm³/mol. The van der Waals surface area contributed by atoms with Crippen molar-refractivity contribution < 1.29 is 23.5 Å². The van der Waals surface area contributed by atoms with Gasteiger partial charge in [0.25, 0.3) is 0 Å². The minimum Gasteiger partial charge on any atom is -0.463 e. The average molecular weight is 453 g/mol. The van der Waals surface area contributed by atoms with E-state index in [1.54, 1.807) is 25.1 Å². The number of rotatable bonds is 8. The third kappa shape index (κ3) is 6.92. The van der Waals surface area contributed by atoms with Crippen molar-refractivity contribution in [1.29, 1.82) is 0 Å². The lowest BCUT2D eigenvalue weighted by Gasteiger charge is -2.17. The molecule has 2 atom stereocenters. The quantitative estimate of drug-likeness (QED) is 0.469. The maximum Gasteiger partial charge on any atom is 0.330 e. The van der Waals surface area contributed by atoms with Gasteiger partial charge in [0.1, 0.15) is 5.82 Å². The average Bonchev–Trinajstić information content (AvgIpc) is 3.05. The molecule has 0 saturated carbocycles. The summed E-state index contributed by atoms with van der Waals surface area (Å²) in [5, 5.41) is 5.53. The molecule has 1 heterocycles. The molecule has 8 heteroatoms. The van der Waals surface area contributed by atoms with Crippen LogP contribution in [-0.4, -0.2) is 37.0 Å². The third-order valence-corrected chi connectivity index (χ3v) is 4.76. The van der Waals surface area contributed by atoms with Gasteiger partial charge in [-0.3, -0.25) is 9.59 Å². The maximum absolute atomic E-state index is 13.3. The van der Waals surface area contributed by atoms with E-state index in [9.17, 15) is 18.8 Å². The first-order valence-electron chi connectivity index (χ1n) is 8.95. The van der Waals surface area contributed by atoms with Gasteiger partial charge < -0.3 is 15.4 Å². The SMILES string of the molecule is CCOC(=O)/C=C/[C@H](C[C@@H]1CCNC1=O)NC(=O)/C=C/c1ccc(F)c(Br)c1. The van der Waals surface area contributed by atoms with E-state index >= 15 is 0 Å². The number of benzene rings is 1. The van der Waals surface area contributed by atoms with Crippen LogP contribution in [0.5, 0.6) is 0 Å². The van der Waals surface area contributed by atoms with Crippen LogP contribution >= 0.6 is 15.9 Å². The molecule has 1 saturated heterocycles. The predicted octanol–water partition coefficient (Wildman–Crippen LogP) is 2.73. The molecule has 0 radical (unpaired) electrons. The molecular formula is C20H22BrFN2O4. The summed E-state index contributed by atoms with van der Waals surface area (Å²) in [6.07, 6.45) is 6.71. The molecule has 0 aromatic heterocycles. The number of amides is 2. The molecule has 2 amide bonds. The van der Waals surface area contributed by atoms with Gasteiger partial charge in [0, 0.05) is 30.7 Å². The zero-order valence-electron chi connectivity index (χ0n) is 15.4. The van der Waals surface area contributed by atoms with Crippen LogP contribution in [0.4, 0.5) is 4.39 Å². The minimum atomic E-state index is -0.510. The van der Waals surface area contributed by atoms with Crippen molar-refractivity contribution in [2.45, 2.75) is 25.8 Å². The van der Waals surface area contributed by atoms with Crippen molar-refractivity contribution in [3.05, 3.63) is 52.3 Å². The number of hydrogen-bond donors (Lipinski definition) is 2. The Balaban J connectivity index is 2.03. The number of halogens is 2. The van der Waals surface area contributed by atoms with Gasteiger partial charge in [0.05, 0.1) is 11.1 Å². The first-order valence-corrected chi connectivity index (χ1v) is 9.74. The summed E-state index contributed by atoms with van der Waals surface area (Å²) in [6, 6.07) is 3.89. The number of nitrogens with one attached hydrogen (secondary N) is 2. The van der Waals surface area contributed by atoms with Gasteiger partial charge >= 0.3 is 5.97 Å². The summed E-state index contributed by atoms with van der Waals surface area (Å²) in [5.41, 5.74) is 0.650. The van der Waals surface area contributed by atoms with Crippen LogP contribution < -0.4 is 10.6 Å². The standard InChI is InChI=1S/C20H22BrFN2O4/c1-2-28-19(26)8-5-15(12-14-9-10-23-20(14)27)24-18(25)7-4-13-3-6-17(22)16(21)11-13/h3-8,11,14-15H,2,9-10,12H2,1H3,(H,23,27)(H,24,25)/b7-4+,8-5+/t14-,15+/m0/s1. The minimum absolute atomic E-state index is 0.0597. The van der Waals surface area contributed by atoms with Crippen molar-refractivity contribution in [1.82, 2.24) is 10.6 Å². The van der Waals surface area contributed by atoms with Crippen LogP contribution in [0.3, 0.4) is 0 Å². The highest BCUT2D eigenvalue weighted by atomic mass is 79.9. The molecule has 1 fully saturated rings. The molecule has 0 bridgehead atoms. The van der Waals surface area contributed by atoms with Crippen molar-refractivity contribution >= 4 is 39.8 Å². The topological polar surface area (TPSA) is 84.5 Å². The summed E-state index contributed by atoms with van der Waals surface area (Å²) in [6.45, 7) is 2.55. The molecule has 0 unspecified atom stereocenters. The van der Waals surface area contributed by atoms with Crippen LogP contribution in [-0.2, 0) is 19.1 Å². The largest absolute Gasteiger partial charge is 0.463 e. The van der Waals surface area contributed by atoms with Gasteiger partial charge in [-0.1, -0.05) is 12.1 Å². The lowest BCUT2D eigenvalue weighted by Crippen LogP contribution is -2.35. The van der Waals surface area contributed by atoms with Crippen molar-refractivity contribution in [2.75, 3.05) is 13.2 Å². The van der Waals surface area contributed by atoms with E-state index in [0.29, 0.717) is 29.4 Å². The summed E-state index contributed by atoms with van der Waals surface area (Å²) in [4.78, 5) is 35.6. The fraction of sp³-hybridized carbons (Fsp3) is 0.350. The van der Waals surface area contributed by atoms with Crippen molar-refractivity contribution in [3.8, 4) is 0 Å². The number of hydrogen-bond acceptors (Lipinski definition) is 4. The first kappa shape index (κ1) is 21.8. The number of carbonyl (C=O) groups excluding carboxylic acids is 3. The van der Waals surface area contributed by atoms with E-state index in [1.165, 1.54) is 24.3 Å². The van der Waals surface area contributed by atoms with Gasteiger partial charge in [0.2, 0.25) is 11.8 Å². The Labute approximate surface area is 171 Å². The van der Waals surface area contributed by atoms with Crippen LogP contribution in [0.1, 0.15) is 25.3 Å². The van der Waals surface area contributed by atoms with Gasteiger partial charge in [-0.15, -0.1) is 0 Å². The second-order valence-electron chi connectivity index (χ2n) is 6.25. The van der Waals surface area contributed by atoms with Gasteiger partial charge in [-0.2, -0.15) is 0 Å². The van der Waals surface area contributed by atoms with Crippen molar-refractivity contribution in [3.63, 3.8) is 0 Å². The highest BCUT2D eigenvalue weighted by Crippen LogP contribution is 2.18. The van der Waals surface area contributed by atoms with Gasteiger partial charge in [-0.05, 0) is 59.5 Å². The Morgan fingerprint density at radius 3 is 2.86 bits per heavy atom. The lowest BCUT2D eigenvalue weighted by molar-refractivity contribution is -0.137. The highest BCUT2D eigenvalue weighted by Gasteiger charge is 2.26. The molecular weight excluding hydrogens is 431 g/mol. The Kier molecular flexibility index (Phi) is 8.38. The molecule has 1 aliphatic rings. The molecule has 1 aromatic carbocycles. The number of carbonyl (C=O) groups is 3. The van der Waals surface area contributed by atoms with Crippen LogP contribution in [0.25, 0.3) is 6.08 Å². The molecule has 2 rings (SSSR count). The van der Waals surface area contributed by atoms with Crippen LogP contribution in [0, 0.1) is 11.7 Å². The summed E-state index contributed by atoms with van der Waals surface area (Å²) >= 11 is 3.09. The molecule has 150 valence electrons. The Hall–Kier alpha value is -2.48. The molecule has 1 aliphatic heterocycles. The third-order valence-electron chi connectivity index (χ3n) is 4.15. The Bertz CT molecular complexity index is 794. The van der Waals surface area contributed by atoms with Crippen LogP contribution in [0.2, 0.25) is 0 Å². The summed E-state index contributed by atoms with van der Waals surface area (Å²) in [7, 11) is 0. The Morgan fingerprint density at radius 1 is 1.43 bits per heavy atom. The molecule has 28 heavy (non-hydrogen) atoms. The zero-order valence-corrected chi connectivity index (χ0v) is 17.0. The fourth-order valence-corrected chi connectivity index (χ4v) is 3.16. The summed E-state index contributed by atoms with van der Waals surface area (Å²) in [5.74, 6) is -1.58. The second-order valence-corrected chi connectivity index (χ2v) is 7.10. The zero-order chi connectivity index (χ0) is 20.5. The molecule has 1 aromatic rings. The molecule has 0 aliphatic carbocycles. The van der Waals surface area contributed by atoms with Crippen LogP contribution in [0.15, 0.2) is 40.9 Å². The van der Waals surface area contributed by atoms with E-state index in [1.807, 2.05) is 0 Å². The monoisotopic (exact) mass is 452 g/mol. The highest BCUT2D eigenvalue weighted by molar-refractivity contribution is 9.10. The summed E-state index contributed by atoms with van der Waals surface area (Å²) < 4.78 is 18.4. The van der Waals surface area contributed by atoms with E-state index in [4.69, 9.17) is 4.74 Å². The van der Waals surface area contributed by atoms with Crippen molar-refractivity contribution in [2.24, 2.45) is 5.92 Å².